The number of ether oxygens (including phenoxy) is 1. The van der Waals surface area contributed by atoms with Crippen molar-refractivity contribution in [2.75, 3.05) is 6.23 Å². The molecule has 0 unspecified atom stereocenters. The molecule has 4 nitrogen and oxygen atoms in total. The highest BCUT2D eigenvalue weighted by Crippen LogP contribution is 2.18. The van der Waals surface area contributed by atoms with Crippen LogP contribution in [0.4, 0.5) is 5.69 Å². The number of aryl methyl sites for hydroxylation is 1. The minimum Gasteiger partial charge on any atom is -0.497 e. The van der Waals surface area contributed by atoms with E-state index in [2.05, 4.69) is 25.6 Å². The molecular weight excluding hydrogens is 282 g/mol. The second-order valence-electron chi connectivity index (χ2n) is 4.77. The zero-order valence-corrected chi connectivity index (χ0v) is 13.3. The molecule has 0 aliphatic heterocycles. The molecule has 108 valence electrons. The van der Waals surface area contributed by atoms with Gasteiger partial charge in [0.2, 0.25) is 0 Å². The lowest BCUT2D eigenvalue weighted by Gasteiger charge is -2.10. The Balaban J connectivity index is 1.88. The first-order valence-electron chi connectivity index (χ1n) is 6.69. The van der Waals surface area contributed by atoms with Gasteiger partial charge < -0.3 is 4.74 Å². The van der Waals surface area contributed by atoms with Crippen LogP contribution in [0.25, 0.3) is 5.20 Å². The average Bonchev–Trinajstić information content (AvgIpc) is 2.48. The summed E-state index contributed by atoms with van der Waals surface area (Å²) in [6.07, 6.45) is 0.630. The van der Waals surface area contributed by atoms with E-state index in [4.69, 9.17) is 4.74 Å². The smallest absolute Gasteiger partial charge is 0.269 e. The molecule has 2 rings (SSSR count). The van der Waals surface area contributed by atoms with Gasteiger partial charge in [-0.05, 0) is 30.2 Å². The number of hydrogen-bond acceptors (Lipinski definition) is 3. The Hall–Kier alpha value is -2.40. The fourth-order valence-electron chi connectivity index (χ4n) is 2.06. The summed E-state index contributed by atoms with van der Waals surface area (Å²) in [7, 11) is -0.604. The van der Waals surface area contributed by atoms with Crippen LogP contribution in [0.1, 0.15) is 11.1 Å². The normalized spacial score (nSPS) is 10.7. The minimum atomic E-state index is -0.604. The van der Waals surface area contributed by atoms with E-state index in [1.54, 1.807) is 12.1 Å². The van der Waals surface area contributed by atoms with E-state index in [1.807, 2.05) is 12.1 Å². The van der Waals surface area contributed by atoms with Crippen molar-refractivity contribution in [1.29, 1.82) is 0 Å². The summed E-state index contributed by atoms with van der Waals surface area (Å²) in [6, 6.07) is 14.3. The van der Waals surface area contributed by atoms with Crippen LogP contribution >= 0.6 is 0 Å². The second-order valence-corrected chi connectivity index (χ2v) is 6.53. The van der Waals surface area contributed by atoms with Gasteiger partial charge in [-0.2, -0.15) is 0 Å². The van der Waals surface area contributed by atoms with Gasteiger partial charge in [0.05, 0.1) is 20.7 Å². The number of hydrogen-bond donors (Lipinski definition) is 0. The number of benzene rings is 2. The molecule has 2 aromatic rings. The van der Waals surface area contributed by atoms with E-state index in [9.17, 15) is 10.1 Å². The van der Waals surface area contributed by atoms with Crippen molar-refractivity contribution in [2.45, 2.75) is 6.92 Å². The number of rotatable bonds is 6. The van der Waals surface area contributed by atoms with Crippen LogP contribution in [-0.2, 0) is 0 Å². The van der Waals surface area contributed by atoms with Crippen molar-refractivity contribution in [2.24, 2.45) is 0 Å². The third-order valence-corrected chi connectivity index (χ3v) is 4.64. The van der Waals surface area contributed by atoms with Crippen molar-refractivity contribution < 1.29 is 9.66 Å². The van der Waals surface area contributed by atoms with Crippen LogP contribution in [0, 0.1) is 17.0 Å². The Morgan fingerprint density at radius 2 is 1.90 bits per heavy atom. The molecule has 0 aliphatic carbocycles. The summed E-state index contributed by atoms with van der Waals surface area (Å²) >= 11 is 0. The summed E-state index contributed by atoms with van der Waals surface area (Å²) in [4.78, 5) is 10.1. The van der Waals surface area contributed by atoms with Crippen molar-refractivity contribution in [1.82, 2.24) is 0 Å². The number of nitro benzene ring substituents is 1. The van der Waals surface area contributed by atoms with Gasteiger partial charge in [0.25, 0.3) is 5.69 Å². The lowest BCUT2D eigenvalue weighted by Crippen LogP contribution is -2.09. The highest BCUT2D eigenvalue weighted by Gasteiger charge is 2.06. The third-order valence-electron chi connectivity index (χ3n) is 3.25. The average molecular weight is 299 g/mol. The van der Waals surface area contributed by atoms with Crippen LogP contribution < -0.4 is 4.74 Å². The highest BCUT2D eigenvalue weighted by atomic mass is 28.2. The first-order valence-corrected chi connectivity index (χ1v) is 8.39. The van der Waals surface area contributed by atoms with Gasteiger partial charge in [0, 0.05) is 12.1 Å². The molecule has 0 spiro atoms. The molecule has 2 aromatic carbocycles. The highest BCUT2D eigenvalue weighted by molar-refractivity contribution is 6.60. The van der Waals surface area contributed by atoms with Crippen molar-refractivity contribution in [3.63, 3.8) is 0 Å². The molecule has 0 fully saturated rings. The van der Waals surface area contributed by atoms with Crippen LogP contribution in [0.2, 0.25) is 0 Å². The SMILES string of the molecule is C=C([SiH2]COc1ccc([N+](=O)[O-])cc1)c1ccccc1C. The van der Waals surface area contributed by atoms with Gasteiger partial charge in [0.1, 0.15) is 5.75 Å². The molecule has 0 atom stereocenters. The maximum Gasteiger partial charge on any atom is 0.269 e. The quantitative estimate of drug-likeness (QED) is 0.468. The van der Waals surface area contributed by atoms with Crippen LogP contribution in [-0.4, -0.2) is 20.7 Å². The molecular formula is C16H17NO3Si. The van der Waals surface area contributed by atoms with Gasteiger partial charge in [-0.25, -0.2) is 0 Å². The van der Waals surface area contributed by atoms with Crippen LogP contribution in [0.3, 0.4) is 0 Å². The summed E-state index contributed by atoms with van der Waals surface area (Å²) in [6.45, 7) is 6.22. The minimum absolute atomic E-state index is 0.0731. The van der Waals surface area contributed by atoms with Gasteiger partial charge >= 0.3 is 0 Å². The van der Waals surface area contributed by atoms with E-state index < -0.39 is 14.4 Å². The van der Waals surface area contributed by atoms with Crippen LogP contribution in [0.15, 0.2) is 55.1 Å². The lowest BCUT2D eigenvalue weighted by molar-refractivity contribution is -0.384. The maximum atomic E-state index is 10.6. The van der Waals surface area contributed by atoms with Crippen LogP contribution in [0.5, 0.6) is 5.75 Å². The largest absolute Gasteiger partial charge is 0.497 e. The first kappa shape index (κ1) is 15.0. The molecule has 0 bridgehead atoms. The van der Waals surface area contributed by atoms with Crippen molar-refractivity contribution in [3.8, 4) is 5.75 Å². The lowest BCUT2D eigenvalue weighted by atomic mass is 10.1. The number of non-ortho nitro benzene ring substituents is 1. The van der Waals surface area contributed by atoms with Crippen molar-refractivity contribution in [3.05, 3.63) is 76.4 Å². The summed E-state index contributed by atoms with van der Waals surface area (Å²) in [5.41, 5.74) is 2.51. The van der Waals surface area contributed by atoms with Gasteiger partial charge in [-0.15, -0.1) is 0 Å². The molecule has 0 saturated carbocycles. The zero-order valence-electron chi connectivity index (χ0n) is 11.9. The Labute approximate surface area is 126 Å². The first-order chi connectivity index (χ1) is 10.1. The third kappa shape index (κ3) is 4.03. The molecule has 0 N–H and O–H groups in total. The maximum absolute atomic E-state index is 10.6. The predicted molar refractivity (Wildman–Crippen MR) is 87.3 cm³/mol. The zero-order chi connectivity index (χ0) is 15.2. The van der Waals surface area contributed by atoms with E-state index in [0.717, 1.165) is 5.20 Å². The van der Waals surface area contributed by atoms with Gasteiger partial charge in [-0.3, -0.25) is 10.1 Å². The summed E-state index contributed by atoms with van der Waals surface area (Å²) < 4.78 is 5.65. The molecule has 5 heteroatoms. The summed E-state index contributed by atoms with van der Waals surface area (Å²) in [5.74, 6) is 0.658. The molecule has 21 heavy (non-hydrogen) atoms. The second kappa shape index (κ2) is 6.85. The molecule has 0 radical (unpaired) electrons. The Kier molecular flexibility index (Phi) is 4.89. The van der Waals surface area contributed by atoms with Gasteiger partial charge in [0.15, 0.2) is 0 Å². The van der Waals surface area contributed by atoms with Crippen molar-refractivity contribution >= 4 is 20.4 Å². The van der Waals surface area contributed by atoms with E-state index in [1.165, 1.54) is 23.3 Å². The number of nitro groups is 1. The van der Waals surface area contributed by atoms with E-state index in [0.29, 0.717) is 12.0 Å². The Bertz CT molecular complexity index is 653. The molecule has 0 aliphatic rings. The topological polar surface area (TPSA) is 52.4 Å². The predicted octanol–water partition coefficient (Wildman–Crippen LogP) is 3.08. The standard InChI is InChI=1S/C16H17NO3Si/c1-12-5-3-4-6-16(12)13(2)21-11-20-15-9-7-14(8-10-15)17(18)19/h3-10H,2,11,21H2,1H3. The fraction of sp³-hybridized carbons (Fsp3) is 0.125. The van der Waals surface area contributed by atoms with E-state index in [-0.39, 0.29) is 5.69 Å². The van der Waals surface area contributed by atoms with E-state index >= 15 is 0 Å². The Morgan fingerprint density at radius 3 is 2.52 bits per heavy atom. The monoisotopic (exact) mass is 299 g/mol. The number of nitrogens with zero attached hydrogens (tertiary/aromatic N) is 1. The summed E-state index contributed by atoms with van der Waals surface area (Å²) in [5, 5.41) is 11.7. The molecule has 0 heterocycles. The molecule has 0 aromatic heterocycles. The molecule has 0 saturated heterocycles. The fourth-order valence-corrected chi connectivity index (χ4v) is 3.31. The Morgan fingerprint density at radius 1 is 1.24 bits per heavy atom. The van der Waals surface area contributed by atoms with Gasteiger partial charge in [-0.1, -0.05) is 36.0 Å². The molecule has 0 amide bonds.